The molecule has 0 fully saturated rings. The van der Waals surface area contributed by atoms with E-state index in [1.54, 1.807) is 0 Å². The predicted octanol–water partition coefficient (Wildman–Crippen LogP) is 3.10. The van der Waals surface area contributed by atoms with Gasteiger partial charge in [0.2, 0.25) is 10.0 Å². The van der Waals surface area contributed by atoms with Gasteiger partial charge < -0.3 is 4.90 Å². The summed E-state index contributed by atoms with van der Waals surface area (Å²) in [6.45, 7) is -0.154. The summed E-state index contributed by atoms with van der Waals surface area (Å²) in [5.41, 5.74) is 0.834. The van der Waals surface area contributed by atoms with Gasteiger partial charge in [0.05, 0.1) is 17.0 Å². The van der Waals surface area contributed by atoms with Crippen molar-refractivity contribution in [3.63, 3.8) is 0 Å². The van der Waals surface area contributed by atoms with Crippen molar-refractivity contribution < 1.29 is 21.6 Å². The maximum atomic E-state index is 12.5. The highest BCUT2D eigenvalue weighted by atomic mass is 32.2. The Bertz CT molecular complexity index is 908. The van der Waals surface area contributed by atoms with E-state index in [0.29, 0.717) is 0 Å². The van der Waals surface area contributed by atoms with Crippen LogP contribution in [-0.4, -0.2) is 29.1 Å². The lowest BCUT2D eigenvalue weighted by Crippen LogP contribution is -2.24. The number of hydrogen-bond donors (Lipinski definition) is 1. The summed E-state index contributed by atoms with van der Waals surface area (Å²) in [6.07, 6.45) is -4.51. The van der Waals surface area contributed by atoms with Crippen LogP contribution in [0.2, 0.25) is 0 Å². The molecule has 0 spiro atoms. The fourth-order valence-electron chi connectivity index (χ4n) is 2.03. The van der Waals surface area contributed by atoms with Crippen molar-refractivity contribution in [2.45, 2.75) is 11.1 Å². The Morgan fingerprint density at radius 3 is 2.08 bits per heavy atom. The minimum atomic E-state index is -4.51. The summed E-state index contributed by atoms with van der Waals surface area (Å²) in [5.74, 6) is 5.50. The molecular weight excluding hydrogens is 365 g/mol. The lowest BCUT2D eigenvalue weighted by molar-refractivity contribution is -0.137. The molecule has 0 aliphatic heterocycles. The molecule has 0 aliphatic carbocycles. The third kappa shape index (κ3) is 5.25. The largest absolute Gasteiger partial charge is 0.416 e. The van der Waals surface area contributed by atoms with Crippen LogP contribution < -0.4 is 9.62 Å². The quantitative estimate of drug-likeness (QED) is 0.827. The number of sulfonamides is 1. The van der Waals surface area contributed by atoms with Gasteiger partial charge in [-0.15, -0.1) is 0 Å². The fourth-order valence-corrected chi connectivity index (χ4v) is 2.95. The standard InChI is InChI=1S/C18H17F3N2O2S/c1-23(2)16-9-5-14(6-10-16)4-3-13-22-26(24,25)17-11-7-15(8-12-17)18(19,20)21/h5-12,22H,13H2,1-2H3. The van der Waals surface area contributed by atoms with Crippen LogP contribution in [0.25, 0.3) is 0 Å². The second-order valence-corrected chi connectivity index (χ2v) is 7.36. The molecule has 2 aromatic carbocycles. The number of hydrogen-bond acceptors (Lipinski definition) is 3. The first-order valence-corrected chi connectivity index (χ1v) is 9.01. The van der Waals surface area contributed by atoms with E-state index in [1.807, 2.05) is 43.3 Å². The third-order valence-corrected chi connectivity index (χ3v) is 4.88. The predicted molar refractivity (Wildman–Crippen MR) is 94.3 cm³/mol. The van der Waals surface area contributed by atoms with Crippen LogP contribution >= 0.6 is 0 Å². The van der Waals surface area contributed by atoms with Crippen LogP contribution in [0, 0.1) is 11.8 Å². The molecule has 0 saturated carbocycles. The van der Waals surface area contributed by atoms with Gasteiger partial charge in [-0.2, -0.15) is 17.9 Å². The lowest BCUT2D eigenvalue weighted by Gasteiger charge is -2.11. The van der Waals surface area contributed by atoms with Crippen molar-refractivity contribution >= 4 is 15.7 Å². The number of benzene rings is 2. The van der Waals surface area contributed by atoms with E-state index in [1.165, 1.54) is 0 Å². The van der Waals surface area contributed by atoms with Crippen molar-refractivity contribution in [3.8, 4) is 11.8 Å². The molecule has 8 heteroatoms. The summed E-state index contributed by atoms with van der Waals surface area (Å²) < 4.78 is 63.9. The SMILES string of the molecule is CN(C)c1ccc(C#CCNS(=O)(=O)c2ccc(C(F)(F)F)cc2)cc1. The van der Waals surface area contributed by atoms with Gasteiger partial charge in [-0.05, 0) is 48.5 Å². The van der Waals surface area contributed by atoms with E-state index >= 15 is 0 Å². The average Bonchev–Trinajstić information content (AvgIpc) is 2.58. The molecule has 26 heavy (non-hydrogen) atoms. The molecule has 2 rings (SSSR count). The Balaban J connectivity index is 2.00. The topological polar surface area (TPSA) is 49.4 Å². The molecule has 0 heterocycles. The Morgan fingerprint density at radius 1 is 1.00 bits per heavy atom. The van der Waals surface area contributed by atoms with Gasteiger partial charge in [0.25, 0.3) is 0 Å². The van der Waals surface area contributed by atoms with E-state index in [-0.39, 0.29) is 11.4 Å². The molecular formula is C18H17F3N2O2S. The summed E-state index contributed by atoms with van der Waals surface area (Å²) in [7, 11) is -0.0946. The molecule has 0 unspecified atom stereocenters. The minimum absolute atomic E-state index is 0.154. The van der Waals surface area contributed by atoms with Gasteiger partial charge in [-0.25, -0.2) is 8.42 Å². The fraction of sp³-hybridized carbons (Fsp3) is 0.222. The van der Waals surface area contributed by atoms with Crippen molar-refractivity contribution in [2.24, 2.45) is 0 Å². The zero-order chi connectivity index (χ0) is 19.4. The van der Waals surface area contributed by atoms with Crippen LogP contribution in [0.15, 0.2) is 53.4 Å². The maximum Gasteiger partial charge on any atom is 0.416 e. The zero-order valence-corrected chi connectivity index (χ0v) is 14.9. The second-order valence-electron chi connectivity index (χ2n) is 5.59. The number of alkyl halides is 3. The molecule has 0 saturated heterocycles. The van der Waals surface area contributed by atoms with E-state index in [4.69, 9.17) is 0 Å². The number of anilines is 1. The monoisotopic (exact) mass is 382 g/mol. The molecule has 138 valence electrons. The number of rotatable bonds is 4. The van der Waals surface area contributed by atoms with Crippen LogP contribution in [0.3, 0.4) is 0 Å². The first-order valence-electron chi connectivity index (χ1n) is 7.53. The molecule has 0 amide bonds. The van der Waals surface area contributed by atoms with Crippen LogP contribution in [0.4, 0.5) is 18.9 Å². The molecule has 0 aromatic heterocycles. The summed E-state index contributed by atoms with van der Waals surface area (Å²) in [5, 5.41) is 0. The van der Waals surface area contributed by atoms with E-state index in [9.17, 15) is 21.6 Å². The van der Waals surface area contributed by atoms with Crippen LogP contribution in [0.5, 0.6) is 0 Å². The molecule has 2 aromatic rings. The van der Waals surface area contributed by atoms with Crippen molar-refractivity contribution in [1.29, 1.82) is 0 Å². The highest BCUT2D eigenvalue weighted by Gasteiger charge is 2.30. The van der Waals surface area contributed by atoms with Crippen LogP contribution in [-0.2, 0) is 16.2 Å². The molecule has 0 radical (unpaired) electrons. The summed E-state index contributed by atoms with van der Waals surface area (Å²) in [6, 6.07) is 10.7. The maximum absolute atomic E-state index is 12.5. The first-order chi connectivity index (χ1) is 12.1. The van der Waals surface area contributed by atoms with Gasteiger partial charge in [0.15, 0.2) is 0 Å². The molecule has 1 N–H and O–H groups in total. The number of halogens is 3. The van der Waals surface area contributed by atoms with Gasteiger partial charge >= 0.3 is 6.18 Å². The lowest BCUT2D eigenvalue weighted by atomic mass is 10.2. The highest BCUT2D eigenvalue weighted by molar-refractivity contribution is 7.89. The first kappa shape index (κ1) is 19.8. The second kappa shape index (κ2) is 7.81. The van der Waals surface area contributed by atoms with Crippen molar-refractivity contribution in [1.82, 2.24) is 4.72 Å². The van der Waals surface area contributed by atoms with Crippen LogP contribution in [0.1, 0.15) is 11.1 Å². The normalized spacial score (nSPS) is 11.6. The highest BCUT2D eigenvalue weighted by Crippen LogP contribution is 2.29. The van der Waals surface area contributed by atoms with Gasteiger partial charge in [0, 0.05) is 25.3 Å². The van der Waals surface area contributed by atoms with Gasteiger partial charge in [-0.3, -0.25) is 0 Å². The Hall–Kier alpha value is -2.50. The summed E-state index contributed by atoms with van der Waals surface area (Å²) >= 11 is 0. The van der Waals surface area contributed by atoms with E-state index in [2.05, 4.69) is 16.6 Å². The van der Waals surface area contributed by atoms with Gasteiger partial charge in [-0.1, -0.05) is 11.8 Å². The Kier molecular flexibility index (Phi) is 5.95. The Morgan fingerprint density at radius 2 is 1.58 bits per heavy atom. The van der Waals surface area contributed by atoms with Crippen molar-refractivity contribution in [3.05, 3.63) is 59.7 Å². The van der Waals surface area contributed by atoms with Crippen molar-refractivity contribution in [2.75, 3.05) is 25.5 Å². The molecule has 0 bridgehead atoms. The van der Waals surface area contributed by atoms with E-state index in [0.717, 1.165) is 35.5 Å². The number of nitrogens with zero attached hydrogens (tertiary/aromatic N) is 1. The Labute approximate surface area is 150 Å². The van der Waals surface area contributed by atoms with Gasteiger partial charge in [0.1, 0.15) is 0 Å². The number of nitrogens with one attached hydrogen (secondary N) is 1. The zero-order valence-electron chi connectivity index (χ0n) is 14.1. The van der Waals surface area contributed by atoms with E-state index < -0.39 is 21.8 Å². The average molecular weight is 382 g/mol. The smallest absolute Gasteiger partial charge is 0.378 e. The molecule has 0 atom stereocenters. The minimum Gasteiger partial charge on any atom is -0.378 e. The third-order valence-electron chi connectivity index (χ3n) is 3.46. The molecule has 4 nitrogen and oxygen atoms in total. The summed E-state index contributed by atoms with van der Waals surface area (Å²) in [4.78, 5) is 1.69. The molecule has 0 aliphatic rings.